The van der Waals surface area contributed by atoms with Crippen LogP contribution in [0.4, 0.5) is 0 Å². The van der Waals surface area contributed by atoms with E-state index in [-0.39, 0.29) is 5.41 Å². The third-order valence-electron chi connectivity index (χ3n) is 1.18. The van der Waals surface area contributed by atoms with Crippen LogP contribution in [-0.2, 0) is 0 Å². The van der Waals surface area contributed by atoms with Crippen LogP contribution in [0.15, 0.2) is 10.2 Å². The van der Waals surface area contributed by atoms with E-state index in [0.717, 1.165) is 0 Å². The number of aliphatic hydroxyl groups is 1. The maximum absolute atomic E-state index is 9.59. The predicted molar refractivity (Wildman–Crippen MR) is 45.5 cm³/mol. The number of nitrogens with zero attached hydrogens (tertiary/aromatic N) is 2. The molecule has 0 bridgehead atoms. The zero-order valence-corrected chi connectivity index (χ0v) is 8.05. The van der Waals surface area contributed by atoms with Gasteiger partial charge in [0.15, 0.2) is 5.72 Å². The zero-order chi connectivity index (χ0) is 9.12. The molecule has 11 heavy (non-hydrogen) atoms. The largest absolute Gasteiger partial charge is 0.368 e. The Bertz CT molecular complexity index is 145. The van der Waals surface area contributed by atoms with Gasteiger partial charge >= 0.3 is 0 Å². The highest BCUT2D eigenvalue weighted by Gasteiger charge is 2.26. The molecule has 3 nitrogen and oxygen atoms in total. The molecule has 0 radical (unpaired) electrons. The molecule has 1 atom stereocenters. The van der Waals surface area contributed by atoms with Gasteiger partial charge in [-0.1, -0.05) is 20.8 Å². The quantitative estimate of drug-likeness (QED) is 0.615. The summed E-state index contributed by atoms with van der Waals surface area (Å²) in [7, 11) is 1.57. The Balaban J connectivity index is 4.13. The van der Waals surface area contributed by atoms with Crippen molar-refractivity contribution in [3.63, 3.8) is 0 Å². The number of hydrogen-bond acceptors (Lipinski definition) is 3. The number of rotatable bonds is 2. The van der Waals surface area contributed by atoms with Crippen LogP contribution in [-0.4, -0.2) is 17.9 Å². The van der Waals surface area contributed by atoms with Crippen molar-refractivity contribution in [1.82, 2.24) is 0 Å². The lowest BCUT2D eigenvalue weighted by Gasteiger charge is -2.26. The average molecular weight is 158 g/mol. The van der Waals surface area contributed by atoms with Gasteiger partial charge in [0.25, 0.3) is 0 Å². The topological polar surface area (TPSA) is 45.0 Å². The van der Waals surface area contributed by atoms with Crippen molar-refractivity contribution in [3.8, 4) is 0 Å². The normalized spacial score (nSPS) is 18.7. The molecule has 0 spiro atoms. The summed E-state index contributed by atoms with van der Waals surface area (Å²) < 4.78 is 0. The number of hydrogen-bond donors (Lipinski definition) is 1. The standard InChI is InChI=1S/C8H18N2O/c1-7(2,3)6-8(4,11)10-9-5/h11H,6H2,1-5H3/b10-9+. The second-order valence-electron chi connectivity index (χ2n) is 4.25. The lowest BCUT2D eigenvalue weighted by molar-refractivity contribution is 0.0208. The van der Waals surface area contributed by atoms with E-state index in [9.17, 15) is 5.11 Å². The molecule has 0 aromatic rings. The Labute approximate surface area is 68.5 Å². The maximum Gasteiger partial charge on any atom is 0.173 e. The summed E-state index contributed by atoms with van der Waals surface area (Å²) in [5, 5.41) is 16.9. The van der Waals surface area contributed by atoms with Gasteiger partial charge in [0, 0.05) is 13.5 Å². The van der Waals surface area contributed by atoms with Crippen molar-refractivity contribution >= 4 is 0 Å². The lowest BCUT2D eigenvalue weighted by atomic mass is 9.87. The second kappa shape index (κ2) is 3.30. The first-order valence-corrected chi connectivity index (χ1v) is 3.80. The molecule has 0 aromatic carbocycles. The molecule has 0 aromatic heterocycles. The van der Waals surface area contributed by atoms with Gasteiger partial charge in [0.05, 0.1) is 0 Å². The summed E-state index contributed by atoms with van der Waals surface area (Å²) >= 11 is 0. The van der Waals surface area contributed by atoms with Crippen molar-refractivity contribution in [2.45, 2.75) is 39.8 Å². The molecule has 66 valence electrons. The fourth-order valence-electron chi connectivity index (χ4n) is 1.26. The monoisotopic (exact) mass is 158 g/mol. The molecule has 0 rings (SSSR count). The smallest absolute Gasteiger partial charge is 0.173 e. The first kappa shape index (κ1) is 10.6. The van der Waals surface area contributed by atoms with E-state index < -0.39 is 5.72 Å². The highest BCUT2D eigenvalue weighted by molar-refractivity contribution is 4.75. The molecule has 0 amide bonds. The third-order valence-corrected chi connectivity index (χ3v) is 1.18. The second-order valence-corrected chi connectivity index (χ2v) is 4.25. The minimum Gasteiger partial charge on any atom is -0.368 e. The molecule has 0 saturated carbocycles. The van der Waals surface area contributed by atoms with Gasteiger partial charge in [-0.25, -0.2) is 0 Å². The van der Waals surface area contributed by atoms with E-state index in [1.165, 1.54) is 0 Å². The van der Waals surface area contributed by atoms with Crippen molar-refractivity contribution < 1.29 is 5.11 Å². The summed E-state index contributed by atoms with van der Waals surface area (Å²) in [5.41, 5.74) is -0.926. The van der Waals surface area contributed by atoms with Crippen LogP contribution in [0, 0.1) is 5.41 Å². The minimum atomic E-state index is -1.01. The average Bonchev–Trinajstić information content (AvgIpc) is 1.55. The fraction of sp³-hybridized carbons (Fsp3) is 1.00. The summed E-state index contributed by atoms with van der Waals surface area (Å²) in [4.78, 5) is 0. The van der Waals surface area contributed by atoms with Gasteiger partial charge in [0.2, 0.25) is 0 Å². The van der Waals surface area contributed by atoms with Gasteiger partial charge < -0.3 is 5.11 Å². The van der Waals surface area contributed by atoms with Crippen molar-refractivity contribution in [3.05, 3.63) is 0 Å². The van der Waals surface area contributed by atoms with Gasteiger partial charge in [-0.05, 0) is 12.3 Å². The molecular weight excluding hydrogens is 140 g/mol. The minimum absolute atomic E-state index is 0.0810. The molecule has 0 aliphatic heterocycles. The van der Waals surface area contributed by atoms with Crippen LogP contribution >= 0.6 is 0 Å². The molecule has 0 heterocycles. The van der Waals surface area contributed by atoms with Crippen molar-refractivity contribution in [2.24, 2.45) is 15.6 Å². The third kappa shape index (κ3) is 5.98. The Kier molecular flexibility index (Phi) is 3.17. The van der Waals surface area contributed by atoms with E-state index in [1.54, 1.807) is 14.0 Å². The van der Waals surface area contributed by atoms with Crippen LogP contribution in [0.1, 0.15) is 34.1 Å². The molecule has 0 aliphatic carbocycles. The summed E-state index contributed by atoms with van der Waals surface area (Å²) in [6, 6.07) is 0. The van der Waals surface area contributed by atoms with E-state index >= 15 is 0 Å². The van der Waals surface area contributed by atoms with Gasteiger partial charge in [-0.3, -0.25) is 0 Å². The predicted octanol–water partition coefficient (Wildman–Crippen LogP) is 2.21. The Morgan fingerprint density at radius 1 is 1.18 bits per heavy atom. The van der Waals surface area contributed by atoms with Crippen LogP contribution in [0.25, 0.3) is 0 Å². The van der Waals surface area contributed by atoms with Crippen LogP contribution < -0.4 is 0 Å². The van der Waals surface area contributed by atoms with Crippen LogP contribution in [0.5, 0.6) is 0 Å². The zero-order valence-electron chi connectivity index (χ0n) is 8.05. The summed E-state index contributed by atoms with van der Waals surface area (Å²) in [6.07, 6.45) is 0.622. The van der Waals surface area contributed by atoms with Gasteiger partial charge in [0.1, 0.15) is 0 Å². The molecular formula is C8H18N2O. The molecule has 0 aliphatic rings. The Morgan fingerprint density at radius 2 is 1.64 bits per heavy atom. The molecule has 3 heteroatoms. The fourth-order valence-corrected chi connectivity index (χ4v) is 1.26. The van der Waals surface area contributed by atoms with Crippen LogP contribution in [0.2, 0.25) is 0 Å². The van der Waals surface area contributed by atoms with Crippen LogP contribution in [0.3, 0.4) is 0 Å². The van der Waals surface area contributed by atoms with Crippen molar-refractivity contribution in [2.75, 3.05) is 7.05 Å². The highest BCUT2D eigenvalue weighted by Crippen LogP contribution is 2.27. The van der Waals surface area contributed by atoms with E-state index in [2.05, 4.69) is 31.0 Å². The van der Waals surface area contributed by atoms with Crippen molar-refractivity contribution in [1.29, 1.82) is 0 Å². The Morgan fingerprint density at radius 3 is 1.91 bits per heavy atom. The molecule has 1 unspecified atom stereocenters. The van der Waals surface area contributed by atoms with Gasteiger partial charge in [-0.15, -0.1) is 0 Å². The van der Waals surface area contributed by atoms with E-state index in [1.807, 2.05) is 0 Å². The highest BCUT2D eigenvalue weighted by atomic mass is 16.3. The lowest BCUT2D eigenvalue weighted by Crippen LogP contribution is -2.27. The maximum atomic E-state index is 9.59. The van der Waals surface area contributed by atoms with Gasteiger partial charge in [-0.2, -0.15) is 10.2 Å². The number of azo groups is 1. The summed E-state index contributed by atoms with van der Waals surface area (Å²) in [5.74, 6) is 0. The summed E-state index contributed by atoms with van der Waals surface area (Å²) in [6.45, 7) is 7.86. The first-order valence-electron chi connectivity index (χ1n) is 3.80. The molecule has 0 fully saturated rings. The van der Waals surface area contributed by atoms with E-state index in [4.69, 9.17) is 0 Å². The Hall–Kier alpha value is -0.440. The molecule has 0 saturated heterocycles. The first-order chi connectivity index (χ1) is 4.77. The molecule has 1 N–H and O–H groups in total. The van der Waals surface area contributed by atoms with E-state index in [0.29, 0.717) is 6.42 Å². The SMILES string of the molecule is C/N=N/C(C)(O)CC(C)(C)C.